The predicted molar refractivity (Wildman–Crippen MR) is 138 cm³/mol. The van der Waals surface area contributed by atoms with Gasteiger partial charge in [-0.05, 0) is 47.4 Å². The van der Waals surface area contributed by atoms with Crippen LogP contribution in [0.25, 0.3) is 0 Å². The summed E-state index contributed by atoms with van der Waals surface area (Å²) in [6, 6.07) is 4.45. The molecule has 1 aromatic rings. The number of anilines is 1. The summed E-state index contributed by atoms with van der Waals surface area (Å²) in [6.45, 7) is 18.5. The largest absolute Gasteiger partial charge is 0.383 e. The van der Waals surface area contributed by atoms with Crippen molar-refractivity contribution in [2.45, 2.75) is 39.5 Å². The molecule has 2 N–H and O–H groups in total. The average Bonchev–Trinajstić information content (AvgIpc) is 3.28. The lowest BCUT2D eigenvalue weighted by Gasteiger charge is -2.39. The van der Waals surface area contributed by atoms with Gasteiger partial charge in [-0.15, -0.1) is 0 Å². The molecule has 2 aliphatic heterocycles. The zero-order valence-corrected chi connectivity index (χ0v) is 20.4. The van der Waals surface area contributed by atoms with Gasteiger partial charge in [0.05, 0.1) is 0 Å². The highest BCUT2D eigenvalue weighted by Crippen LogP contribution is 2.46. The van der Waals surface area contributed by atoms with Crippen molar-refractivity contribution in [3.8, 4) is 0 Å². The van der Waals surface area contributed by atoms with Crippen molar-refractivity contribution in [3.05, 3.63) is 76.0 Å². The van der Waals surface area contributed by atoms with Gasteiger partial charge in [0.15, 0.2) is 5.78 Å². The van der Waals surface area contributed by atoms with Gasteiger partial charge in [-0.1, -0.05) is 52.5 Å². The Morgan fingerprint density at radius 1 is 1.21 bits per heavy atom. The van der Waals surface area contributed by atoms with Crippen LogP contribution in [0.1, 0.15) is 49.2 Å². The van der Waals surface area contributed by atoms with Crippen LogP contribution in [0, 0.1) is 5.41 Å². The number of nitrogens with zero attached hydrogens (tertiary/aromatic N) is 2. The number of nitrogens with one attached hydrogen (secondary N) is 2. The van der Waals surface area contributed by atoms with Gasteiger partial charge in [0.2, 0.25) is 0 Å². The third-order valence-electron chi connectivity index (χ3n) is 7.44. The number of allylic oxidation sites excluding steroid dienone is 5. The van der Waals surface area contributed by atoms with Crippen LogP contribution in [-0.4, -0.2) is 56.2 Å². The van der Waals surface area contributed by atoms with Gasteiger partial charge in [-0.2, -0.15) is 0 Å². The Morgan fingerprint density at radius 3 is 2.55 bits per heavy atom. The van der Waals surface area contributed by atoms with E-state index in [1.54, 1.807) is 6.08 Å². The van der Waals surface area contributed by atoms with Gasteiger partial charge in [-0.3, -0.25) is 4.79 Å². The molecule has 1 aliphatic carbocycles. The van der Waals surface area contributed by atoms with E-state index in [1.165, 1.54) is 17.5 Å². The molecule has 0 aromatic heterocycles. The molecule has 1 saturated heterocycles. The Labute approximate surface area is 198 Å². The van der Waals surface area contributed by atoms with E-state index in [-0.39, 0.29) is 11.2 Å². The summed E-state index contributed by atoms with van der Waals surface area (Å²) >= 11 is 0. The summed E-state index contributed by atoms with van der Waals surface area (Å²) in [4.78, 5) is 18.8. The molecule has 0 atom stereocenters. The third kappa shape index (κ3) is 3.99. The maximum atomic E-state index is 13.8. The highest BCUT2D eigenvalue weighted by molar-refractivity contribution is 6.16. The number of benzene rings is 1. The van der Waals surface area contributed by atoms with Crippen LogP contribution >= 0.6 is 0 Å². The minimum atomic E-state index is -0.285. The molecular formula is C28H36N4O. The highest BCUT2D eigenvalue weighted by Gasteiger charge is 2.43. The zero-order valence-electron chi connectivity index (χ0n) is 20.4. The lowest BCUT2D eigenvalue weighted by atomic mass is 9.70. The van der Waals surface area contributed by atoms with Gasteiger partial charge in [0.1, 0.15) is 0 Å². The minimum absolute atomic E-state index is 0.107. The maximum absolute atomic E-state index is 13.8. The minimum Gasteiger partial charge on any atom is -0.383 e. The molecule has 0 spiro atoms. The number of hydrogen-bond donors (Lipinski definition) is 2. The maximum Gasteiger partial charge on any atom is 0.195 e. The van der Waals surface area contributed by atoms with E-state index >= 15 is 0 Å². The van der Waals surface area contributed by atoms with Gasteiger partial charge in [0, 0.05) is 66.9 Å². The number of aryl methyl sites for hydroxylation is 1. The first-order valence-electron chi connectivity index (χ1n) is 12.1. The molecule has 5 nitrogen and oxygen atoms in total. The van der Waals surface area contributed by atoms with Crippen molar-refractivity contribution in [1.29, 1.82) is 5.41 Å². The number of rotatable bonds is 6. The van der Waals surface area contributed by atoms with E-state index in [0.717, 1.165) is 72.7 Å². The number of hydrogen-bond acceptors (Lipinski definition) is 5. The molecule has 3 aliphatic rings. The van der Waals surface area contributed by atoms with E-state index in [1.807, 2.05) is 12.2 Å². The summed E-state index contributed by atoms with van der Waals surface area (Å²) in [5, 5.41) is 11.0. The lowest BCUT2D eigenvalue weighted by Crippen LogP contribution is -2.46. The summed E-state index contributed by atoms with van der Waals surface area (Å²) in [5.74, 6) is 0.107. The molecule has 2 heterocycles. The number of carbonyl (C=O) groups is 1. The Balaban J connectivity index is 1.77. The molecule has 1 aromatic carbocycles. The Kier molecular flexibility index (Phi) is 6.44. The second-order valence-electron chi connectivity index (χ2n) is 9.57. The van der Waals surface area contributed by atoms with E-state index in [2.05, 4.69) is 61.5 Å². The smallest absolute Gasteiger partial charge is 0.195 e. The summed E-state index contributed by atoms with van der Waals surface area (Å²) in [6.07, 6.45) is 7.65. The van der Waals surface area contributed by atoms with Crippen molar-refractivity contribution in [2.75, 3.05) is 44.2 Å². The molecule has 174 valence electrons. The molecule has 33 heavy (non-hydrogen) atoms. The van der Waals surface area contributed by atoms with E-state index < -0.39 is 0 Å². The second kappa shape index (κ2) is 9.14. The first-order chi connectivity index (χ1) is 15.8. The van der Waals surface area contributed by atoms with Gasteiger partial charge in [0.25, 0.3) is 0 Å². The van der Waals surface area contributed by atoms with Crippen LogP contribution in [0.3, 0.4) is 0 Å². The number of piperazine rings is 1. The molecule has 0 unspecified atom stereocenters. The molecule has 1 fully saturated rings. The fourth-order valence-corrected chi connectivity index (χ4v) is 5.32. The van der Waals surface area contributed by atoms with Crippen molar-refractivity contribution in [1.82, 2.24) is 10.2 Å². The summed E-state index contributed by atoms with van der Waals surface area (Å²) < 4.78 is 0. The number of fused-ring (bicyclic) bond motifs is 1. The van der Waals surface area contributed by atoms with Gasteiger partial charge >= 0.3 is 0 Å². The predicted octanol–water partition coefficient (Wildman–Crippen LogP) is 4.41. The fourth-order valence-electron chi connectivity index (χ4n) is 5.32. The highest BCUT2D eigenvalue weighted by atomic mass is 16.1. The van der Waals surface area contributed by atoms with Crippen LogP contribution in [0.5, 0.6) is 0 Å². The topological polar surface area (TPSA) is 59.4 Å². The van der Waals surface area contributed by atoms with E-state index in [0.29, 0.717) is 6.54 Å². The molecule has 0 radical (unpaired) electrons. The molecule has 0 bridgehead atoms. The third-order valence-corrected chi connectivity index (χ3v) is 7.44. The van der Waals surface area contributed by atoms with Crippen molar-refractivity contribution in [2.24, 2.45) is 0 Å². The molecule has 0 saturated carbocycles. The Morgan fingerprint density at radius 2 is 1.94 bits per heavy atom. The first-order valence-corrected chi connectivity index (χ1v) is 12.1. The van der Waals surface area contributed by atoms with E-state index in [9.17, 15) is 4.79 Å². The quantitative estimate of drug-likeness (QED) is 0.504. The number of ketones is 1. The fraction of sp³-hybridized carbons (Fsp3) is 0.429. The first kappa shape index (κ1) is 23.2. The van der Waals surface area contributed by atoms with Crippen molar-refractivity contribution < 1.29 is 4.79 Å². The number of Topliss-reactive ketones (excluding diaryl/α,β-unsaturated/α-hetero) is 1. The molecular weight excluding hydrogens is 408 g/mol. The lowest BCUT2D eigenvalue weighted by molar-refractivity contribution is 0.102. The SMILES string of the molecule is C=C/C(C=N)=C\C=C1/CNC2=C1C(=O)c1cc(CC)c(N3CCN(CC)CC3)cc1C2(C)C. The van der Waals surface area contributed by atoms with Gasteiger partial charge < -0.3 is 20.5 Å². The standard InChI is InChI=1S/C28H36N4O/c1-6-19(17-29)9-10-21-18-30-27-25(21)26(33)22-15-20(7-2)24(16-23(22)28(27,4)5)32-13-11-31(8-3)12-14-32/h6,9-10,15-17,29-30H,1,7-8,11-14,18H2,2-5H3/b19-9+,21-10+,29-17?. The average molecular weight is 445 g/mol. The monoisotopic (exact) mass is 444 g/mol. The molecule has 4 rings (SSSR count). The van der Waals surface area contributed by atoms with Crippen LogP contribution in [-0.2, 0) is 11.8 Å². The van der Waals surface area contributed by atoms with Crippen molar-refractivity contribution >= 4 is 17.7 Å². The summed E-state index contributed by atoms with van der Waals surface area (Å²) in [7, 11) is 0. The number of likely N-dealkylation sites (N-methyl/N-ethyl adjacent to an activating group) is 1. The summed E-state index contributed by atoms with van der Waals surface area (Å²) in [5.41, 5.74) is 7.72. The number of carbonyl (C=O) groups excluding carboxylic acids is 1. The van der Waals surface area contributed by atoms with Crippen LogP contribution in [0.2, 0.25) is 0 Å². The van der Waals surface area contributed by atoms with Crippen molar-refractivity contribution in [3.63, 3.8) is 0 Å². The Bertz CT molecular complexity index is 1070. The van der Waals surface area contributed by atoms with Crippen LogP contribution < -0.4 is 10.2 Å². The molecule has 5 heteroatoms. The van der Waals surface area contributed by atoms with E-state index in [4.69, 9.17) is 5.41 Å². The van der Waals surface area contributed by atoms with Crippen LogP contribution in [0.4, 0.5) is 5.69 Å². The van der Waals surface area contributed by atoms with Gasteiger partial charge in [-0.25, -0.2) is 0 Å². The normalized spacial score (nSPS) is 21.7. The second-order valence-corrected chi connectivity index (χ2v) is 9.57. The van der Waals surface area contributed by atoms with Crippen LogP contribution in [0.15, 0.2) is 59.4 Å². The zero-order chi connectivity index (χ0) is 23.8. The molecule has 0 amide bonds. The Hall–Kier alpha value is -2.92.